The molecule has 9 heteroatoms. The molecule has 8 nitrogen and oxygen atoms in total. The SMILES string of the molecule is Cc1cc(Nc2nc3ccccn3n2)cc(-c2cnc([C@](C)(O)c3ccc(C(=O)O)cc3)s2)c1. The smallest absolute Gasteiger partial charge is 0.335 e. The summed E-state index contributed by atoms with van der Waals surface area (Å²) in [6, 6.07) is 17.9. The lowest BCUT2D eigenvalue weighted by Gasteiger charge is -2.21. The summed E-state index contributed by atoms with van der Waals surface area (Å²) >= 11 is 1.39. The number of nitrogens with one attached hydrogen (secondary N) is 1. The van der Waals surface area contributed by atoms with E-state index < -0.39 is 11.6 Å². The van der Waals surface area contributed by atoms with E-state index in [1.165, 1.54) is 23.5 Å². The fourth-order valence-electron chi connectivity index (χ4n) is 3.70. The van der Waals surface area contributed by atoms with Crippen LogP contribution in [0.5, 0.6) is 0 Å². The molecule has 0 saturated heterocycles. The van der Waals surface area contributed by atoms with Crippen molar-refractivity contribution < 1.29 is 15.0 Å². The summed E-state index contributed by atoms with van der Waals surface area (Å²) in [6.07, 6.45) is 3.58. The Morgan fingerprint density at radius 2 is 1.91 bits per heavy atom. The van der Waals surface area contributed by atoms with E-state index in [9.17, 15) is 9.90 Å². The zero-order valence-electron chi connectivity index (χ0n) is 18.4. The molecular weight excluding hydrogens is 450 g/mol. The van der Waals surface area contributed by atoms with E-state index in [-0.39, 0.29) is 5.56 Å². The number of carboxylic acids is 1. The zero-order chi connectivity index (χ0) is 23.9. The van der Waals surface area contributed by atoms with E-state index in [0.717, 1.165) is 27.3 Å². The van der Waals surface area contributed by atoms with Crippen LogP contribution in [-0.4, -0.2) is 35.8 Å². The molecule has 0 saturated carbocycles. The van der Waals surface area contributed by atoms with Crippen LogP contribution in [0, 0.1) is 6.92 Å². The number of aromatic carboxylic acids is 1. The molecule has 0 bridgehead atoms. The maximum absolute atomic E-state index is 11.2. The molecule has 3 heterocycles. The van der Waals surface area contributed by atoms with Crippen LogP contribution in [0.4, 0.5) is 11.6 Å². The molecule has 2 aromatic carbocycles. The number of aliphatic hydroxyl groups is 1. The maximum atomic E-state index is 11.2. The molecule has 3 aromatic heterocycles. The van der Waals surface area contributed by atoms with Gasteiger partial charge in [-0.1, -0.05) is 24.3 Å². The van der Waals surface area contributed by atoms with E-state index in [0.29, 0.717) is 16.5 Å². The molecule has 0 aliphatic heterocycles. The summed E-state index contributed by atoms with van der Waals surface area (Å²) < 4.78 is 1.71. The van der Waals surface area contributed by atoms with Gasteiger partial charge < -0.3 is 15.5 Å². The Kier molecular flexibility index (Phi) is 5.35. The largest absolute Gasteiger partial charge is 0.478 e. The Hall–Kier alpha value is -4.08. The van der Waals surface area contributed by atoms with Crippen LogP contribution in [0.15, 0.2) is 73.1 Å². The van der Waals surface area contributed by atoms with Crippen molar-refractivity contribution in [2.75, 3.05) is 5.32 Å². The molecular formula is C25H21N5O3S. The van der Waals surface area contributed by atoms with Gasteiger partial charge >= 0.3 is 5.97 Å². The third kappa shape index (κ3) is 4.14. The lowest BCUT2D eigenvalue weighted by Crippen LogP contribution is -2.22. The van der Waals surface area contributed by atoms with Crippen LogP contribution >= 0.6 is 11.3 Å². The molecule has 0 aliphatic rings. The zero-order valence-corrected chi connectivity index (χ0v) is 19.2. The number of aryl methyl sites for hydroxylation is 1. The quantitative estimate of drug-likeness (QED) is 0.324. The Morgan fingerprint density at radius 3 is 2.65 bits per heavy atom. The molecule has 0 amide bonds. The first-order valence-electron chi connectivity index (χ1n) is 10.5. The summed E-state index contributed by atoms with van der Waals surface area (Å²) in [5.41, 5.74) is 2.98. The number of benzene rings is 2. The van der Waals surface area contributed by atoms with Crippen molar-refractivity contribution in [1.29, 1.82) is 0 Å². The molecule has 170 valence electrons. The van der Waals surface area contributed by atoms with Crippen molar-refractivity contribution in [3.63, 3.8) is 0 Å². The highest BCUT2D eigenvalue weighted by Crippen LogP contribution is 2.37. The normalized spacial score (nSPS) is 13.0. The van der Waals surface area contributed by atoms with Crippen LogP contribution in [0.1, 0.15) is 33.4 Å². The summed E-state index contributed by atoms with van der Waals surface area (Å²) in [5.74, 6) is -0.508. The summed E-state index contributed by atoms with van der Waals surface area (Å²) in [4.78, 5) is 21.0. The number of pyridine rings is 1. The van der Waals surface area contributed by atoms with Crippen LogP contribution in [0.2, 0.25) is 0 Å². The van der Waals surface area contributed by atoms with Crippen molar-refractivity contribution in [1.82, 2.24) is 19.6 Å². The van der Waals surface area contributed by atoms with Gasteiger partial charge in [0, 0.05) is 18.1 Å². The van der Waals surface area contributed by atoms with E-state index >= 15 is 0 Å². The molecule has 0 unspecified atom stereocenters. The molecule has 5 aromatic rings. The van der Waals surface area contributed by atoms with Crippen LogP contribution in [0.3, 0.4) is 0 Å². The van der Waals surface area contributed by atoms with Gasteiger partial charge in [0.1, 0.15) is 10.6 Å². The predicted molar refractivity (Wildman–Crippen MR) is 131 cm³/mol. The van der Waals surface area contributed by atoms with Crippen LogP contribution < -0.4 is 5.32 Å². The second-order valence-corrected chi connectivity index (χ2v) is 9.17. The lowest BCUT2D eigenvalue weighted by atomic mass is 9.96. The average Bonchev–Trinajstić information content (AvgIpc) is 3.46. The number of rotatable bonds is 6. The van der Waals surface area contributed by atoms with E-state index in [1.54, 1.807) is 29.8 Å². The average molecular weight is 472 g/mol. The maximum Gasteiger partial charge on any atom is 0.335 e. The number of hydrogen-bond donors (Lipinski definition) is 3. The number of anilines is 2. The Bertz CT molecular complexity index is 1470. The third-order valence-electron chi connectivity index (χ3n) is 5.48. The third-order valence-corrected chi connectivity index (χ3v) is 6.73. The number of aromatic nitrogens is 4. The van der Waals surface area contributed by atoms with Gasteiger partial charge in [-0.15, -0.1) is 16.4 Å². The molecule has 5 rings (SSSR count). The first-order chi connectivity index (χ1) is 16.3. The van der Waals surface area contributed by atoms with Gasteiger partial charge in [-0.2, -0.15) is 4.98 Å². The van der Waals surface area contributed by atoms with Gasteiger partial charge in [0.2, 0.25) is 5.95 Å². The van der Waals surface area contributed by atoms with E-state index in [1.807, 2.05) is 43.5 Å². The van der Waals surface area contributed by atoms with Gasteiger partial charge in [-0.05, 0) is 66.9 Å². The molecule has 0 fully saturated rings. The minimum absolute atomic E-state index is 0.166. The second kappa shape index (κ2) is 8.36. The topological polar surface area (TPSA) is 113 Å². The number of nitrogens with zero attached hydrogens (tertiary/aromatic N) is 4. The summed E-state index contributed by atoms with van der Waals surface area (Å²) in [6.45, 7) is 3.66. The van der Waals surface area contributed by atoms with Gasteiger partial charge in [0.15, 0.2) is 5.65 Å². The van der Waals surface area contributed by atoms with Crippen molar-refractivity contribution in [3.8, 4) is 10.4 Å². The van der Waals surface area contributed by atoms with Crippen LogP contribution in [-0.2, 0) is 5.60 Å². The van der Waals surface area contributed by atoms with E-state index in [4.69, 9.17) is 5.11 Å². The van der Waals surface area contributed by atoms with Gasteiger partial charge in [-0.25, -0.2) is 14.3 Å². The molecule has 0 spiro atoms. The number of carbonyl (C=O) groups is 1. The van der Waals surface area contributed by atoms with Gasteiger partial charge in [-0.3, -0.25) is 0 Å². The monoisotopic (exact) mass is 471 g/mol. The highest BCUT2D eigenvalue weighted by Gasteiger charge is 2.29. The highest BCUT2D eigenvalue weighted by atomic mass is 32.1. The standard InChI is InChI=1S/C25H21N5O3S/c1-15-11-17(13-19(12-15)27-24-28-21-5-3-4-10-30(21)29-24)20-14-26-23(34-20)25(2,33)18-8-6-16(7-9-18)22(31)32/h3-14,33H,1-2H3,(H,27,29)(H,31,32)/t25-/m1/s1. The second-order valence-electron chi connectivity index (χ2n) is 8.14. The Balaban J connectivity index is 1.43. The van der Waals surface area contributed by atoms with E-state index in [2.05, 4.69) is 26.4 Å². The number of thiazole rings is 1. The van der Waals surface area contributed by atoms with Crippen molar-refractivity contribution in [3.05, 3.63) is 94.8 Å². The molecule has 0 radical (unpaired) electrons. The fourth-order valence-corrected chi connectivity index (χ4v) is 4.68. The van der Waals surface area contributed by atoms with Crippen molar-refractivity contribution in [2.24, 2.45) is 0 Å². The first kappa shape index (κ1) is 21.7. The Morgan fingerprint density at radius 1 is 1.12 bits per heavy atom. The highest BCUT2D eigenvalue weighted by molar-refractivity contribution is 7.15. The predicted octanol–water partition coefficient (Wildman–Crippen LogP) is 4.86. The fraction of sp³-hybridized carbons (Fsp3) is 0.120. The number of carboxylic acid groups (broad SMARTS) is 1. The molecule has 34 heavy (non-hydrogen) atoms. The summed E-state index contributed by atoms with van der Waals surface area (Å²) in [5, 5.41) is 28.5. The summed E-state index contributed by atoms with van der Waals surface area (Å²) in [7, 11) is 0. The van der Waals surface area contributed by atoms with Crippen molar-refractivity contribution >= 4 is 34.6 Å². The number of hydrogen-bond acceptors (Lipinski definition) is 7. The Labute approximate surface area is 199 Å². The van der Waals surface area contributed by atoms with Gasteiger partial charge in [0.05, 0.1) is 10.4 Å². The lowest BCUT2D eigenvalue weighted by molar-refractivity contribution is 0.0695. The van der Waals surface area contributed by atoms with Crippen LogP contribution in [0.25, 0.3) is 16.1 Å². The van der Waals surface area contributed by atoms with Crippen molar-refractivity contribution in [2.45, 2.75) is 19.4 Å². The minimum Gasteiger partial charge on any atom is -0.478 e. The molecule has 1 atom stereocenters. The number of fused-ring (bicyclic) bond motifs is 1. The first-order valence-corrected chi connectivity index (χ1v) is 11.3. The minimum atomic E-state index is -1.36. The molecule has 3 N–H and O–H groups in total. The van der Waals surface area contributed by atoms with Gasteiger partial charge in [0.25, 0.3) is 0 Å². The molecule has 0 aliphatic carbocycles.